The van der Waals surface area contributed by atoms with E-state index in [-0.39, 0.29) is 5.75 Å². The Hall–Kier alpha value is -0.520. The summed E-state index contributed by atoms with van der Waals surface area (Å²) in [5.41, 5.74) is 0.743. The molecule has 6 heteroatoms. The second-order valence-electron chi connectivity index (χ2n) is 5.57. The molecular weight excluding hydrogens is 309 g/mol. The van der Waals surface area contributed by atoms with Gasteiger partial charge in [0.1, 0.15) is 5.75 Å². The number of nitrogens with one attached hydrogen (secondary N) is 1. The maximum absolute atomic E-state index is 9.86. The van der Waals surface area contributed by atoms with E-state index < -0.39 is 0 Å². The molecule has 1 aromatic carbocycles. The van der Waals surface area contributed by atoms with Gasteiger partial charge in [-0.15, -0.1) is 0 Å². The Morgan fingerprint density at radius 1 is 1.19 bits per heavy atom. The molecule has 1 saturated heterocycles. The summed E-state index contributed by atoms with van der Waals surface area (Å²) in [6, 6.07) is 3.30. The van der Waals surface area contributed by atoms with E-state index in [1.165, 1.54) is 0 Å². The van der Waals surface area contributed by atoms with Gasteiger partial charge in [-0.1, -0.05) is 23.2 Å². The van der Waals surface area contributed by atoms with Gasteiger partial charge in [0, 0.05) is 43.3 Å². The zero-order valence-electron chi connectivity index (χ0n) is 12.4. The first kappa shape index (κ1) is 16.8. The number of piperazine rings is 1. The van der Waals surface area contributed by atoms with Crippen molar-refractivity contribution in [1.82, 2.24) is 15.1 Å². The highest BCUT2D eigenvalue weighted by molar-refractivity contribution is 6.35. The van der Waals surface area contributed by atoms with Crippen molar-refractivity contribution in [2.24, 2.45) is 0 Å². The van der Waals surface area contributed by atoms with Gasteiger partial charge >= 0.3 is 0 Å². The molecule has 21 heavy (non-hydrogen) atoms. The number of halogens is 2. The zero-order valence-corrected chi connectivity index (χ0v) is 13.9. The Morgan fingerprint density at radius 3 is 2.62 bits per heavy atom. The summed E-state index contributed by atoms with van der Waals surface area (Å²) in [6.07, 6.45) is 1.10. The molecule has 4 nitrogen and oxygen atoms in total. The quantitative estimate of drug-likeness (QED) is 0.785. The zero-order chi connectivity index (χ0) is 15.2. The van der Waals surface area contributed by atoms with E-state index in [1.54, 1.807) is 12.1 Å². The molecule has 2 N–H and O–H groups in total. The summed E-state index contributed by atoms with van der Waals surface area (Å²) in [5, 5.41) is 14.0. The van der Waals surface area contributed by atoms with E-state index in [4.69, 9.17) is 23.2 Å². The van der Waals surface area contributed by atoms with E-state index >= 15 is 0 Å². The smallest absolute Gasteiger partial charge is 0.138 e. The van der Waals surface area contributed by atoms with Gasteiger partial charge in [-0.3, -0.25) is 0 Å². The maximum Gasteiger partial charge on any atom is 0.138 e. The van der Waals surface area contributed by atoms with Gasteiger partial charge in [-0.25, -0.2) is 0 Å². The minimum Gasteiger partial charge on any atom is -0.506 e. The lowest BCUT2D eigenvalue weighted by Gasteiger charge is -2.32. The Balaban J connectivity index is 1.66. The first-order valence-corrected chi connectivity index (χ1v) is 8.10. The topological polar surface area (TPSA) is 38.7 Å². The van der Waals surface area contributed by atoms with Gasteiger partial charge in [0.05, 0.1) is 5.02 Å². The van der Waals surface area contributed by atoms with Crippen LogP contribution in [0.4, 0.5) is 0 Å². The molecule has 0 bridgehead atoms. The molecule has 1 aliphatic heterocycles. The fourth-order valence-corrected chi connectivity index (χ4v) is 3.01. The van der Waals surface area contributed by atoms with Crippen molar-refractivity contribution in [2.45, 2.75) is 13.0 Å². The molecule has 0 spiro atoms. The summed E-state index contributed by atoms with van der Waals surface area (Å²) >= 11 is 11.8. The first-order chi connectivity index (χ1) is 10.1. The summed E-state index contributed by atoms with van der Waals surface area (Å²) in [4.78, 5) is 4.86. The Labute approximate surface area is 136 Å². The van der Waals surface area contributed by atoms with Crippen molar-refractivity contribution in [2.75, 3.05) is 46.3 Å². The van der Waals surface area contributed by atoms with Crippen molar-refractivity contribution < 1.29 is 5.11 Å². The highest BCUT2D eigenvalue weighted by Gasteiger charge is 2.12. The molecule has 0 saturated carbocycles. The number of phenolic OH excluding ortho intramolecular Hbond substituents is 1. The minimum absolute atomic E-state index is 0.118. The van der Waals surface area contributed by atoms with Gasteiger partial charge in [-0.2, -0.15) is 0 Å². The van der Waals surface area contributed by atoms with Crippen LogP contribution in [0.5, 0.6) is 5.75 Å². The number of hydrogen-bond acceptors (Lipinski definition) is 4. The number of phenols is 1. The molecule has 0 aromatic heterocycles. The lowest BCUT2D eigenvalue weighted by Crippen LogP contribution is -2.45. The monoisotopic (exact) mass is 331 g/mol. The summed E-state index contributed by atoms with van der Waals surface area (Å²) in [5.74, 6) is 0.118. The largest absolute Gasteiger partial charge is 0.506 e. The highest BCUT2D eigenvalue weighted by Crippen LogP contribution is 2.30. The highest BCUT2D eigenvalue weighted by atomic mass is 35.5. The molecule has 1 heterocycles. The molecule has 0 unspecified atom stereocenters. The number of rotatable bonds is 6. The van der Waals surface area contributed by atoms with Crippen molar-refractivity contribution in [1.29, 1.82) is 0 Å². The molecular formula is C15H23Cl2N3O. The fourth-order valence-electron chi connectivity index (χ4n) is 2.48. The molecule has 1 aliphatic rings. The van der Waals surface area contributed by atoms with Crippen molar-refractivity contribution in [3.8, 4) is 5.75 Å². The third-order valence-electron chi connectivity index (χ3n) is 3.85. The van der Waals surface area contributed by atoms with E-state index in [1.807, 2.05) is 0 Å². The van der Waals surface area contributed by atoms with Gasteiger partial charge in [0.25, 0.3) is 0 Å². The first-order valence-electron chi connectivity index (χ1n) is 7.35. The summed E-state index contributed by atoms with van der Waals surface area (Å²) < 4.78 is 0. The second kappa shape index (κ2) is 8.20. The van der Waals surface area contributed by atoms with Crippen LogP contribution in [-0.2, 0) is 6.54 Å². The molecule has 0 aliphatic carbocycles. The second-order valence-corrected chi connectivity index (χ2v) is 6.41. The van der Waals surface area contributed by atoms with E-state index in [0.29, 0.717) is 16.6 Å². The predicted octanol–water partition coefficient (Wildman–Crippen LogP) is 2.43. The standard InChI is InChI=1S/C15H23Cl2N3O/c1-19-5-7-20(8-6-19)4-2-3-18-11-12-9-13(16)10-14(17)15(12)21/h9-10,18,21H,2-8,11H2,1H3. The van der Waals surface area contributed by atoms with Gasteiger partial charge < -0.3 is 20.2 Å². The number of nitrogens with zero attached hydrogens (tertiary/aromatic N) is 2. The van der Waals surface area contributed by atoms with Gasteiger partial charge in [0.2, 0.25) is 0 Å². The van der Waals surface area contributed by atoms with E-state index in [2.05, 4.69) is 22.2 Å². The lowest BCUT2D eigenvalue weighted by atomic mass is 10.2. The lowest BCUT2D eigenvalue weighted by molar-refractivity contribution is 0.152. The fraction of sp³-hybridized carbons (Fsp3) is 0.600. The normalized spacial score (nSPS) is 17.3. The Bertz CT molecular complexity index is 462. The number of aromatic hydroxyl groups is 1. The van der Waals surface area contributed by atoms with Crippen LogP contribution in [0.15, 0.2) is 12.1 Å². The van der Waals surface area contributed by atoms with Crippen LogP contribution in [0.2, 0.25) is 10.0 Å². The van der Waals surface area contributed by atoms with Crippen molar-refractivity contribution in [3.63, 3.8) is 0 Å². The van der Waals surface area contributed by atoms with Gasteiger partial charge in [0.15, 0.2) is 0 Å². The molecule has 2 rings (SSSR count). The van der Waals surface area contributed by atoms with Crippen LogP contribution < -0.4 is 5.32 Å². The van der Waals surface area contributed by atoms with Crippen LogP contribution in [0, 0.1) is 0 Å². The van der Waals surface area contributed by atoms with Crippen LogP contribution in [0.1, 0.15) is 12.0 Å². The number of hydrogen-bond donors (Lipinski definition) is 2. The van der Waals surface area contributed by atoms with Crippen LogP contribution in [0.25, 0.3) is 0 Å². The maximum atomic E-state index is 9.86. The molecule has 1 fully saturated rings. The van der Waals surface area contributed by atoms with E-state index in [9.17, 15) is 5.11 Å². The Kier molecular flexibility index (Phi) is 6.58. The van der Waals surface area contributed by atoms with Crippen LogP contribution in [-0.4, -0.2) is 61.2 Å². The molecule has 1 aromatic rings. The molecule has 0 atom stereocenters. The van der Waals surface area contributed by atoms with Crippen molar-refractivity contribution >= 4 is 23.2 Å². The summed E-state index contributed by atoms with van der Waals surface area (Å²) in [6.45, 7) is 7.22. The van der Waals surface area contributed by atoms with Gasteiger partial charge in [-0.05, 0) is 38.7 Å². The van der Waals surface area contributed by atoms with Crippen molar-refractivity contribution in [3.05, 3.63) is 27.7 Å². The van der Waals surface area contributed by atoms with Crippen LogP contribution in [0.3, 0.4) is 0 Å². The third kappa shape index (κ3) is 5.31. The average molecular weight is 332 g/mol. The minimum atomic E-state index is 0.118. The predicted molar refractivity (Wildman–Crippen MR) is 88.4 cm³/mol. The SMILES string of the molecule is CN1CCN(CCCNCc2cc(Cl)cc(Cl)c2O)CC1. The van der Waals surface area contributed by atoms with Crippen LogP contribution >= 0.6 is 23.2 Å². The molecule has 0 amide bonds. The third-order valence-corrected chi connectivity index (χ3v) is 4.35. The number of likely N-dealkylation sites (N-methyl/N-ethyl adjacent to an activating group) is 1. The summed E-state index contributed by atoms with van der Waals surface area (Å²) in [7, 11) is 2.17. The average Bonchev–Trinajstić information content (AvgIpc) is 2.45. The Morgan fingerprint density at radius 2 is 1.90 bits per heavy atom. The molecule has 118 valence electrons. The molecule has 0 radical (unpaired) electrons. The van der Waals surface area contributed by atoms with E-state index in [0.717, 1.165) is 51.3 Å². The number of benzene rings is 1.